The summed E-state index contributed by atoms with van der Waals surface area (Å²) in [6.07, 6.45) is 5.24. The van der Waals surface area contributed by atoms with Crippen molar-refractivity contribution in [1.29, 1.82) is 0 Å². The number of hydrogen-bond donors (Lipinski definition) is 1. The van der Waals surface area contributed by atoms with Gasteiger partial charge in [-0.05, 0) is 43.2 Å². The Bertz CT molecular complexity index is 893. The fraction of sp³-hybridized carbons (Fsp3) is 0.333. The van der Waals surface area contributed by atoms with Crippen molar-refractivity contribution in [2.24, 2.45) is 5.92 Å². The third kappa shape index (κ3) is 3.29. The van der Waals surface area contributed by atoms with Gasteiger partial charge in [0.15, 0.2) is 11.5 Å². The van der Waals surface area contributed by atoms with Gasteiger partial charge < -0.3 is 14.5 Å². The number of H-pyrrole nitrogens is 1. The van der Waals surface area contributed by atoms with E-state index in [1.165, 1.54) is 6.42 Å². The Kier molecular flexibility index (Phi) is 4.61. The Hall–Kier alpha value is -2.82. The summed E-state index contributed by atoms with van der Waals surface area (Å²) in [6, 6.07) is 13.4. The number of rotatable bonds is 4. The standard InChI is InChI=1S/C21H22N2O3/c1-25-19-13-15(20-22-16-9-5-6-10-17(16)23-20)11-12-18(19)26-21(24)14-7-3-2-4-8-14/h5-6,9-14H,2-4,7-8H2,1H3,(H,22,23). The Morgan fingerprint density at radius 2 is 1.88 bits per heavy atom. The summed E-state index contributed by atoms with van der Waals surface area (Å²) in [4.78, 5) is 20.3. The number of nitrogens with zero attached hydrogens (tertiary/aromatic N) is 1. The number of aromatic nitrogens is 2. The minimum absolute atomic E-state index is 0.00325. The zero-order valence-electron chi connectivity index (χ0n) is 14.8. The molecule has 3 aromatic rings. The molecule has 0 amide bonds. The summed E-state index contributed by atoms with van der Waals surface area (Å²) in [7, 11) is 1.58. The molecule has 1 saturated carbocycles. The van der Waals surface area contributed by atoms with Crippen LogP contribution in [0.2, 0.25) is 0 Å². The number of methoxy groups -OCH3 is 1. The first-order chi connectivity index (χ1) is 12.7. The first kappa shape index (κ1) is 16.6. The molecule has 1 heterocycles. The van der Waals surface area contributed by atoms with Crippen molar-refractivity contribution in [2.45, 2.75) is 32.1 Å². The lowest BCUT2D eigenvalue weighted by Gasteiger charge is -2.20. The van der Waals surface area contributed by atoms with Gasteiger partial charge in [0.1, 0.15) is 5.82 Å². The van der Waals surface area contributed by atoms with E-state index in [-0.39, 0.29) is 11.9 Å². The monoisotopic (exact) mass is 350 g/mol. The number of para-hydroxylation sites is 2. The van der Waals surface area contributed by atoms with Gasteiger partial charge in [0, 0.05) is 5.56 Å². The second-order valence-corrected chi connectivity index (χ2v) is 6.72. The fourth-order valence-electron chi connectivity index (χ4n) is 3.52. The van der Waals surface area contributed by atoms with Crippen LogP contribution >= 0.6 is 0 Å². The van der Waals surface area contributed by atoms with E-state index in [1.807, 2.05) is 36.4 Å². The van der Waals surface area contributed by atoms with Gasteiger partial charge in [0.25, 0.3) is 0 Å². The summed E-state index contributed by atoms with van der Waals surface area (Å²) in [5.41, 5.74) is 2.78. The van der Waals surface area contributed by atoms with Gasteiger partial charge in [-0.1, -0.05) is 31.4 Å². The smallest absolute Gasteiger partial charge is 0.314 e. The SMILES string of the molecule is COc1cc(-c2nc3ccccc3[nH]2)ccc1OC(=O)C1CCCCC1. The van der Waals surface area contributed by atoms with Crippen LogP contribution in [0.4, 0.5) is 0 Å². The number of aromatic amines is 1. The molecule has 1 fully saturated rings. The molecule has 4 rings (SSSR count). The molecule has 0 radical (unpaired) electrons. The molecule has 0 spiro atoms. The Morgan fingerprint density at radius 3 is 2.65 bits per heavy atom. The molecule has 26 heavy (non-hydrogen) atoms. The van der Waals surface area contributed by atoms with Crippen LogP contribution in [0.1, 0.15) is 32.1 Å². The van der Waals surface area contributed by atoms with Crippen LogP contribution in [-0.2, 0) is 4.79 Å². The number of carbonyl (C=O) groups excluding carboxylic acids is 1. The van der Waals surface area contributed by atoms with Crippen molar-refractivity contribution in [3.05, 3.63) is 42.5 Å². The fourth-order valence-corrected chi connectivity index (χ4v) is 3.52. The topological polar surface area (TPSA) is 64.2 Å². The third-order valence-corrected chi connectivity index (χ3v) is 4.98. The molecular formula is C21H22N2O3. The van der Waals surface area contributed by atoms with Crippen LogP contribution in [0, 0.1) is 5.92 Å². The van der Waals surface area contributed by atoms with Crippen LogP contribution in [0.25, 0.3) is 22.4 Å². The average molecular weight is 350 g/mol. The van der Waals surface area contributed by atoms with Crippen LogP contribution in [-0.4, -0.2) is 23.0 Å². The number of imidazole rings is 1. The zero-order chi connectivity index (χ0) is 17.9. The summed E-state index contributed by atoms with van der Waals surface area (Å²) in [6.45, 7) is 0. The van der Waals surface area contributed by atoms with Crippen molar-refractivity contribution < 1.29 is 14.3 Å². The molecule has 0 atom stereocenters. The van der Waals surface area contributed by atoms with Gasteiger partial charge in [-0.25, -0.2) is 4.98 Å². The van der Waals surface area contributed by atoms with E-state index in [0.717, 1.165) is 48.1 Å². The molecular weight excluding hydrogens is 328 g/mol. The predicted octanol–water partition coefficient (Wildman–Crippen LogP) is 4.72. The lowest BCUT2D eigenvalue weighted by molar-refractivity contribution is -0.140. The highest BCUT2D eigenvalue weighted by atomic mass is 16.6. The molecule has 0 bridgehead atoms. The maximum atomic E-state index is 12.4. The number of fused-ring (bicyclic) bond motifs is 1. The molecule has 0 unspecified atom stereocenters. The summed E-state index contributed by atoms with van der Waals surface area (Å²) >= 11 is 0. The van der Waals surface area contributed by atoms with Gasteiger partial charge in [0.2, 0.25) is 0 Å². The minimum atomic E-state index is -0.153. The minimum Gasteiger partial charge on any atom is -0.493 e. The molecule has 0 saturated heterocycles. The van der Waals surface area contributed by atoms with Crippen LogP contribution in [0.5, 0.6) is 11.5 Å². The second kappa shape index (κ2) is 7.20. The molecule has 1 aliphatic carbocycles. The Labute approximate surface area is 152 Å². The van der Waals surface area contributed by atoms with E-state index in [1.54, 1.807) is 13.2 Å². The quantitative estimate of drug-likeness (QED) is 0.546. The Morgan fingerprint density at radius 1 is 1.08 bits per heavy atom. The summed E-state index contributed by atoms with van der Waals surface area (Å²) in [5, 5.41) is 0. The van der Waals surface area contributed by atoms with Crippen molar-refractivity contribution in [1.82, 2.24) is 9.97 Å². The zero-order valence-corrected chi connectivity index (χ0v) is 14.8. The van der Waals surface area contributed by atoms with Crippen molar-refractivity contribution >= 4 is 17.0 Å². The predicted molar refractivity (Wildman–Crippen MR) is 100 cm³/mol. The number of ether oxygens (including phenoxy) is 2. The van der Waals surface area contributed by atoms with Gasteiger partial charge in [-0.15, -0.1) is 0 Å². The average Bonchev–Trinajstić information content (AvgIpc) is 3.13. The van der Waals surface area contributed by atoms with Crippen molar-refractivity contribution in [3.8, 4) is 22.9 Å². The number of esters is 1. The van der Waals surface area contributed by atoms with E-state index in [0.29, 0.717) is 11.5 Å². The highest BCUT2D eigenvalue weighted by Gasteiger charge is 2.24. The van der Waals surface area contributed by atoms with E-state index < -0.39 is 0 Å². The lowest BCUT2D eigenvalue weighted by Crippen LogP contribution is -2.22. The number of carbonyl (C=O) groups is 1. The highest BCUT2D eigenvalue weighted by molar-refractivity contribution is 5.80. The molecule has 1 aromatic heterocycles. The summed E-state index contributed by atoms with van der Waals surface area (Å²) in [5.74, 6) is 1.60. The first-order valence-corrected chi connectivity index (χ1v) is 9.09. The third-order valence-electron chi connectivity index (χ3n) is 4.98. The number of benzene rings is 2. The van der Waals surface area contributed by atoms with E-state index >= 15 is 0 Å². The van der Waals surface area contributed by atoms with Gasteiger partial charge in [-0.2, -0.15) is 0 Å². The van der Waals surface area contributed by atoms with E-state index in [2.05, 4.69) is 9.97 Å². The maximum Gasteiger partial charge on any atom is 0.314 e. The van der Waals surface area contributed by atoms with Gasteiger partial charge in [0.05, 0.1) is 24.1 Å². The largest absolute Gasteiger partial charge is 0.493 e. The van der Waals surface area contributed by atoms with Gasteiger partial charge in [-0.3, -0.25) is 4.79 Å². The maximum absolute atomic E-state index is 12.4. The van der Waals surface area contributed by atoms with Crippen molar-refractivity contribution in [2.75, 3.05) is 7.11 Å². The van der Waals surface area contributed by atoms with E-state index in [4.69, 9.17) is 9.47 Å². The molecule has 1 N–H and O–H groups in total. The molecule has 134 valence electrons. The molecule has 5 heteroatoms. The molecule has 1 aliphatic rings. The number of hydrogen-bond acceptors (Lipinski definition) is 4. The van der Waals surface area contributed by atoms with Crippen LogP contribution in [0.15, 0.2) is 42.5 Å². The number of nitrogens with one attached hydrogen (secondary N) is 1. The van der Waals surface area contributed by atoms with Crippen LogP contribution in [0.3, 0.4) is 0 Å². The highest BCUT2D eigenvalue weighted by Crippen LogP contribution is 2.34. The van der Waals surface area contributed by atoms with Crippen molar-refractivity contribution in [3.63, 3.8) is 0 Å². The Balaban J connectivity index is 1.58. The normalized spacial score (nSPS) is 15.1. The van der Waals surface area contributed by atoms with Gasteiger partial charge >= 0.3 is 5.97 Å². The lowest BCUT2D eigenvalue weighted by atomic mass is 9.89. The first-order valence-electron chi connectivity index (χ1n) is 9.09. The van der Waals surface area contributed by atoms with E-state index in [9.17, 15) is 4.79 Å². The molecule has 5 nitrogen and oxygen atoms in total. The second-order valence-electron chi connectivity index (χ2n) is 6.72. The van der Waals surface area contributed by atoms with Crippen LogP contribution < -0.4 is 9.47 Å². The summed E-state index contributed by atoms with van der Waals surface area (Å²) < 4.78 is 11.1. The molecule has 0 aliphatic heterocycles. The molecule has 2 aromatic carbocycles.